The van der Waals surface area contributed by atoms with Crippen LogP contribution in [-0.2, 0) is 9.59 Å². The maximum atomic E-state index is 11.5. The van der Waals surface area contributed by atoms with Crippen molar-refractivity contribution >= 4 is 11.9 Å². The Morgan fingerprint density at radius 2 is 1.83 bits per heavy atom. The highest BCUT2D eigenvalue weighted by Crippen LogP contribution is 2.18. The number of amides is 1. The SMILES string of the molecule is COc1ccc(O[C@H](C)C(=O)NCC(=O)O)cc1. The Hall–Kier alpha value is -2.24. The molecule has 1 aromatic carbocycles. The van der Waals surface area contributed by atoms with Gasteiger partial charge in [0.15, 0.2) is 6.10 Å². The molecule has 1 aromatic rings. The van der Waals surface area contributed by atoms with Crippen molar-refractivity contribution in [2.45, 2.75) is 13.0 Å². The number of rotatable bonds is 6. The first-order valence-electron chi connectivity index (χ1n) is 5.33. The molecule has 0 aliphatic carbocycles. The first-order chi connectivity index (χ1) is 8.52. The summed E-state index contributed by atoms with van der Waals surface area (Å²) < 4.78 is 10.3. The van der Waals surface area contributed by atoms with E-state index in [0.29, 0.717) is 11.5 Å². The average molecular weight is 253 g/mol. The van der Waals surface area contributed by atoms with Gasteiger partial charge in [-0.1, -0.05) is 0 Å². The van der Waals surface area contributed by atoms with Crippen LogP contribution in [0.3, 0.4) is 0 Å². The minimum Gasteiger partial charge on any atom is -0.497 e. The van der Waals surface area contributed by atoms with Crippen LogP contribution in [0.1, 0.15) is 6.92 Å². The summed E-state index contributed by atoms with van der Waals surface area (Å²) in [6.45, 7) is 1.12. The summed E-state index contributed by atoms with van der Waals surface area (Å²) in [6.07, 6.45) is -0.766. The molecule has 0 saturated heterocycles. The molecule has 0 unspecified atom stereocenters. The summed E-state index contributed by atoms with van der Waals surface area (Å²) in [6, 6.07) is 6.74. The first kappa shape index (κ1) is 13.8. The summed E-state index contributed by atoms with van der Waals surface area (Å²) >= 11 is 0. The highest BCUT2D eigenvalue weighted by molar-refractivity contribution is 5.84. The summed E-state index contributed by atoms with van der Waals surface area (Å²) in [5.74, 6) is -0.382. The topological polar surface area (TPSA) is 84.9 Å². The minimum atomic E-state index is -1.10. The molecule has 6 nitrogen and oxygen atoms in total. The van der Waals surface area contributed by atoms with Gasteiger partial charge in [0.05, 0.1) is 7.11 Å². The van der Waals surface area contributed by atoms with E-state index < -0.39 is 24.5 Å². The van der Waals surface area contributed by atoms with E-state index in [9.17, 15) is 9.59 Å². The van der Waals surface area contributed by atoms with Crippen LogP contribution in [0.2, 0.25) is 0 Å². The molecule has 6 heteroatoms. The standard InChI is InChI=1S/C12H15NO5/c1-8(12(16)13-7-11(14)15)18-10-5-3-9(17-2)4-6-10/h3-6,8H,7H2,1-2H3,(H,13,16)(H,14,15)/t8-/m1/s1. The number of methoxy groups -OCH3 is 1. The molecule has 0 bridgehead atoms. The molecule has 0 saturated carbocycles. The van der Waals surface area contributed by atoms with Crippen LogP contribution in [0.5, 0.6) is 11.5 Å². The number of carbonyl (C=O) groups is 2. The molecule has 0 heterocycles. The Morgan fingerprint density at radius 1 is 1.28 bits per heavy atom. The van der Waals surface area contributed by atoms with E-state index in [0.717, 1.165) is 0 Å². The maximum absolute atomic E-state index is 11.5. The smallest absolute Gasteiger partial charge is 0.322 e. The number of ether oxygens (including phenoxy) is 2. The monoisotopic (exact) mass is 253 g/mol. The highest BCUT2D eigenvalue weighted by Gasteiger charge is 2.15. The summed E-state index contributed by atoms with van der Waals surface area (Å²) in [5.41, 5.74) is 0. The van der Waals surface area contributed by atoms with Crippen LogP contribution in [0.15, 0.2) is 24.3 Å². The van der Waals surface area contributed by atoms with Gasteiger partial charge in [-0.15, -0.1) is 0 Å². The van der Waals surface area contributed by atoms with Crippen molar-refractivity contribution in [1.82, 2.24) is 5.32 Å². The third kappa shape index (κ3) is 4.32. The number of carboxylic acids is 1. The Balaban J connectivity index is 2.49. The van der Waals surface area contributed by atoms with E-state index in [4.69, 9.17) is 14.6 Å². The summed E-state index contributed by atoms with van der Waals surface area (Å²) in [5, 5.41) is 10.7. The van der Waals surface area contributed by atoms with Crippen LogP contribution < -0.4 is 14.8 Å². The van der Waals surface area contributed by atoms with E-state index in [1.165, 1.54) is 0 Å². The van der Waals surface area contributed by atoms with Gasteiger partial charge in [0, 0.05) is 0 Å². The molecule has 0 spiro atoms. The summed E-state index contributed by atoms with van der Waals surface area (Å²) in [4.78, 5) is 21.7. The number of benzene rings is 1. The molecule has 0 aliphatic heterocycles. The molecular formula is C12H15NO5. The van der Waals surface area contributed by atoms with Gasteiger partial charge in [-0.25, -0.2) is 0 Å². The second kappa shape index (κ2) is 6.48. The van der Waals surface area contributed by atoms with Crippen molar-refractivity contribution in [3.05, 3.63) is 24.3 Å². The van der Waals surface area contributed by atoms with Crippen LogP contribution in [0.4, 0.5) is 0 Å². The number of hydrogen-bond acceptors (Lipinski definition) is 4. The number of nitrogens with one attached hydrogen (secondary N) is 1. The molecule has 2 N–H and O–H groups in total. The van der Waals surface area contributed by atoms with Crippen LogP contribution in [0.25, 0.3) is 0 Å². The number of hydrogen-bond donors (Lipinski definition) is 2. The molecule has 0 fully saturated rings. The molecule has 0 aromatic heterocycles. The van der Waals surface area contributed by atoms with Crippen LogP contribution in [-0.4, -0.2) is 36.7 Å². The van der Waals surface area contributed by atoms with Crippen LogP contribution >= 0.6 is 0 Å². The van der Waals surface area contributed by atoms with Crippen molar-refractivity contribution in [2.24, 2.45) is 0 Å². The van der Waals surface area contributed by atoms with E-state index in [1.54, 1.807) is 38.3 Å². The zero-order valence-electron chi connectivity index (χ0n) is 10.2. The van der Waals surface area contributed by atoms with Crippen molar-refractivity contribution in [2.75, 3.05) is 13.7 Å². The predicted molar refractivity (Wildman–Crippen MR) is 63.7 cm³/mol. The number of carboxylic acid groups (broad SMARTS) is 1. The van der Waals surface area contributed by atoms with E-state index in [1.807, 2.05) is 0 Å². The van der Waals surface area contributed by atoms with Gasteiger partial charge in [0.2, 0.25) is 0 Å². The molecule has 0 aliphatic rings. The fourth-order valence-electron chi connectivity index (χ4n) is 1.22. The second-order valence-corrected chi connectivity index (χ2v) is 3.55. The fourth-order valence-corrected chi connectivity index (χ4v) is 1.22. The minimum absolute atomic E-state index is 0.421. The van der Waals surface area contributed by atoms with Gasteiger partial charge in [-0.2, -0.15) is 0 Å². The molecule has 1 atom stereocenters. The molecule has 18 heavy (non-hydrogen) atoms. The Kier molecular flexibility index (Phi) is 4.98. The highest BCUT2D eigenvalue weighted by atomic mass is 16.5. The number of carbonyl (C=O) groups excluding carboxylic acids is 1. The average Bonchev–Trinajstić information content (AvgIpc) is 2.36. The lowest BCUT2D eigenvalue weighted by molar-refractivity contribution is -0.139. The molecule has 1 rings (SSSR count). The second-order valence-electron chi connectivity index (χ2n) is 3.55. The number of aliphatic carboxylic acids is 1. The van der Waals surface area contributed by atoms with Gasteiger partial charge in [0.1, 0.15) is 18.0 Å². The van der Waals surface area contributed by atoms with Crippen molar-refractivity contribution in [1.29, 1.82) is 0 Å². The lowest BCUT2D eigenvalue weighted by atomic mass is 10.3. The predicted octanol–water partition coefficient (Wildman–Crippen LogP) is 0.663. The van der Waals surface area contributed by atoms with Gasteiger partial charge in [-0.05, 0) is 31.2 Å². The molecule has 0 radical (unpaired) electrons. The van der Waals surface area contributed by atoms with E-state index >= 15 is 0 Å². The van der Waals surface area contributed by atoms with Crippen LogP contribution in [0, 0.1) is 0 Å². The van der Waals surface area contributed by atoms with Crippen molar-refractivity contribution in [3.8, 4) is 11.5 Å². The Labute approximate surface area is 105 Å². The largest absolute Gasteiger partial charge is 0.497 e. The van der Waals surface area contributed by atoms with Gasteiger partial charge in [0.25, 0.3) is 5.91 Å². The van der Waals surface area contributed by atoms with Crippen molar-refractivity contribution in [3.63, 3.8) is 0 Å². The van der Waals surface area contributed by atoms with Crippen molar-refractivity contribution < 1.29 is 24.2 Å². The first-order valence-corrected chi connectivity index (χ1v) is 5.33. The lowest BCUT2D eigenvalue weighted by Gasteiger charge is -2.14. The quantitative estimate of drug-likeness (QED) is 0.778. The zero-order chi connectivity index (χ0) is 13.5. The van der Waals surface area contributed by atoms with E-state index in [2.05, 4.69) is 5.32 Å². The fraction of sp³-hybridized carbons (Fsp3) is 0.333. The third-order valence-corrected chi connectivity index (χ3v) is 2.16. The molecule has 98 valence electrons. The third-order valence-electron chi connectivity index (χ3n) is 2.16. The normalized spacial score (nSPS) is 11.4. The van der Waals surface area contributed by atoms with Gasteiger partial charge < -0.3 is 19.9 Å². The Morgan fingerprint density at radius 3 is 2.33 bits per heavy atom. The van der Waals surface area contributed by atoms with Gasteiger partial charge in [-0.3, -0.25) is 9.59 Å². The lowest BCUT2D eigenvalue weighted by Crippen LogP contribution is -2.39. The van der Waals surface area contributed by atoms with E-state index in [-0.39, 0.29) is 0 Å². The summed E-state index contributed by atoms with van der Waals surface area (Å²) in [7, 11) is 1.55. The zero-order valence-corrected chi connectivity index (χ0v) is 10.2. The Bertz CT molecular complexity index is 415. The maximum Gasteiger partial charge on any atom is 0.322 e. The molecular weight excluding hydrogens is 238 g/mol. The molecule has 1 amide bonds. The van der Waals surface area contributed by atoms with Gasteiger partial charge >= 0.3 is 5.97 Å².